The molecule has 0 saturated carbocycles. The molecule has 0 bridgehead atoms. The largest absolute Gasteiger partial charge is 0.508 e. The van der Waals surface area contributed by atoms with Gasteiger partial charge in [-0.25, -0.2) is 9.37 Å². The number of rotatable bonds is 4. The van der Waals surface area contributed by atoms with Gasteiger partial charge in [-0.05, 0) is 29.8 Å². The summed E-state index contributed by atoms with van der Waals surface area (Å²) in [6, 6.07) is 11.6. The zero-order valence-electron chi connectivity index (χ0n) is 15.2. The first-order chi connectivity index (χ1) is 12.9. The van der Waals surface area contributed by atoms with Crippen molar-refractivity contribution in [3.05, 3.63) is 71.1 Å². The number of hydrogen-bond acceptors (Lipinski definition) is 4. The molecule has 0 atom stereocenters. The lowest BCUT2D eigenvalue weighted by molar-refractivity contribution is 0.409. The molecule has 1 N–H and O–H groups in total. The van der Waals surface area contributed by atoms with Gasteiger partial charge >= 0.3 is 0 Å². The van der Waals surface area contributed by atoms with Crippen LogP contribution in [0.4, 0.5) is 4.39 Å². The van der Waals surface area contributed by atoms with Crippen LogP contribution in [0.15, 0.2) is 54.0 Å². The van der Waals surface area contributed by atoms with Gasteiger partial charge in [0.2, 0.25) is 0 Å². The Morgan fingerprint density at radius 1 is 1.15 bits per heavy atom. The first-order valence-electron chi connectivity index (χ1n) is 8.50. The summed E-state index contributed by atoms with van der Waals surface area (Å²) in [4.78, 5) is 5.67. The lowest BCUT2D eigenvalue weighted by atomic mass is 9.82. The van der Waals surface area contributed by atoms with Crippen molar-refractivity contribution in [3.63, 3.8) is 0 Å². The molecule has 2 aromatic carbocycles. The van der Waals surface area contributed by atoms with Gasteiger partial charge in [0.1, 0.15) is 17.3 Å². The maximum Gasteiger partial charge on any atom is 0.194 e. The maximum absolute atomic E-state index is 13.3. The number of aromatic hydroxyl groups is 1. The third-order valence-corrected chi connectivity index (χ3v) is 5.72. The monoisotopic (exact) mass is 382 g/mol. The van der Waals surface area contributed by atoms with Gasteiger partial charge in [0.15, 0.2) is 4.96 Å². The van der Waals surface area contributed by atoms with Crippen molar-refractivity contribution in [1.29, 1.82) is 0 Å². The molecule has 0 aliphatic heterocycles. The molecule has 6 heteroatoms. The summed E-state index contributed by atoms with van der Waals surface area (Å²) in [6.07, 6.45) is 2.01. The summed E-state index contributed by atoms with van der Waals surface area (Å²) < 4.78 is 20.7. The van der Waals surface area contributed by atoms with Gasteiger partial charge in [-0.15, -0.1) is 11.3 Å². The molecule has 0 saturated heterocycles. The average Bonchev–Trinajstić information content (AvgIpc) is 3.23. The minimum atomic E-state index is -0.365. The molecule has 2 aromatic heterocycles. The first kappa shape index (κ1) is 17.5. The Labute approximate surface area is 160 Å². The molecule has 0 radical (unpaired) electrons. The Bertz CT molecular complexity index is 1110. The lowest BCUT2D eigenvalue weighted by Gasteiger charge is -2.23. The van der Waals surface area contributed by atoms with Crippen LogP contribution < -0.4 is 4.74 Å². The number of methoxy groups -OCH3 is 1. The summed E-state index contributed by atoms with van der Waals surface area (Å²) in [6.45, 7) is 4.15. The normalized spacial score (nSPS) is 11.9. The zero-order valence-corrected chi connectivity index (χ0v) is 16.0. The number of ether oxygens (including phenoxy) is 1. The fourth-order valence-electron chi connectivity index (χ4n) is 3.18. The Hall–Kier alpha value is -2.86. The second-order valence-electron chi connectivity index (χ2n) is 6.92. The number of aromatic nitrogens is 2. The molecule has 0 fully saturated rings. The number of benzene rings is 2. The van der Waals surface area contributed by atoms with Crippen LogP contribution >= 0.6 is 11.3 Å². The predicted octanol–water partition coefficient (Wildman–Crippen LogP) is 5.24. The molecule has 0 aliphatic carbocycles. The quantitative estimate of drug-likeness (QED) is 0.525. The van der Waals surface area contributed by atoms with Gasteiger partial charge < -0.3 is 9.84 Å². The van der Waals surface area contributed by atoms with Crippen LogP contribution in [-0.4, -0.2) is 21.6 Å². The van der Waals surface area contributed by atoms with Crippen LogP contribution in [0.25, 0.3) is 16.2 Å². The average molecular weight is 382 g/mol. The van der Waals surface area contributed by atoms with E-state index in [0.29, 0.717) is 5.75 Å². The molecule has 4 rings (SSSR count). The molecule has 0 aliphatic rings. The van der Waals surface area contributed by atoms with Gasteiger partial charge in [0.05, 0.1) is 18.5 Å². The van der Waals surface area contributed by atoms with E-state index in [9.17, 15) is 9.50 Å². The van der Waals surface area contributed by atoms with Crippen molar-refractivity contribution in [2.45, 2.75) is 19.3 Å². The smallest absolute Gasteiger partial charge is 0.194 e. The summed E-state index contributed by atoms with van der Waals surface area (Å²) in [5.41, 5.74) is 3.36. The molecule has 2 heterocycles. The number of phenolic OH excluding ortho intramolecular Hbond substituents is 1. The highest BCUT2D eigenvalue weighted by atomic mass is 32.1. The number of halogens is 1. The molecule has 0 unspecified atom stereocenters. The Balaban J connectivity index is 1.82. The van der Waals surface area contributed by atoms with E-state index in [-0.39, 0.29) is 17.0 Å². The number of hydrogen-bond donors (Lipinski definition) is 1. The summed E-state index contributed by atoms with van der Waals surface area (Å²) >= 11 is 1.54. The maximum atomic E-state index is 13.3. The second-order valence-corrected chi connectivity index (χ2v) is 7.75. The zero-order chi connectivity index (χ0) is 19.2. The molecule has 0 amide bonds. The number of imidazole rings is 1. The standard InChI is InChI=1S/C21H19FN2O2S/c1-21(2,13-4-6-14(22)7-5-13)19-11-24-17(12-27-20(24)23-19)16-9-8-15(25)10-18(16)26-3/h4-12,25H,1-3H3. The highest BCUT2D eigenvalue weighted by Gasteiger charge is 2.27. The topological polar surface area (TPSA) is 46.8 Å². The molecule has 4 aromatic rings. The van der Waals surface area contributed by atoms with E-state index < -0.39 is 0 Å². The van der Waals surface area contributed by atoms with Gasteiger partial charge in [-0.3, -0.25) is 4.40 Å². The highest BCUT2D eigenvalue weighted by molar-refractivity contribution is 7.15. The van der Waals surface area contributed by atoms with Crippen LogP contribution in [0.1, 0.15) is 25.1 Å². The summed E-state index contributed by atoms with van der Waals surface area (Å²) in [7, 11) is 1.58. The highest BCUT2D eigenvalue weighted by Crippen LogP contribution is 2.37. The predicted molar refractivity (Wildman–Crippen MR) is 105 cm³/mol. The van der Waals surface area contributed by atoms with E-state index in [1.54, 1.807) is 42.7 Å². The molecule has 138 valence electrons. The van der Waals surface area contributed by atoms with Crippen molar-refractivity contribution in [1.82, 2.24) is 9.38 Å². The van der Waals surface area contributed by atoms with Crippen molar-refractivity contribution < 1.29 is 14.2 Å². The fraction of sp³-hybridized carbons (Fsp3) is 0.190. The first-order valence-corrected chi connectivity index (χ1v) is 9.38. The van der Waals surface area contributed by atoms with Gasteiger partial charge in [-0.2, -0.15) is 0 Å². The molecule has 4 nitrogen and oxygen atoms in total. The van der Waals surface area contributed by atoms with Crippen LogP contribution in [-0.2, 0) is 5.41 Å². The van der Waals surface area contributed by atoms with E-state index in [4.69, 9.17) is 9.72 Å². The van der Waals surface area contributed by atoms with Gasteiger partial charge in [-0.1, -0.05) is 26.0 Å². The number of nitrogens with zero attached hydrogens (tertiary/aromatic N) is 2. The number of phenols is 1. The molecular weight excluding hydrogens is 363 g/mol. The molecule has 0 spiro atoms. The van der Waals surface area contributed by atoms with Gasteiger partial charge in [0.25, 0.3) is 0 Å². The second kappa shape index (κ2) is 6.39. The van der Waals surface area contributed by atoms with Crippen molar-refractivity contribution in [3.8, 4) is 22.8 Å². The van der Waals surface area contributed by atoms with Crippen LogP contribution in [0.5, 0.6) is 11.5 Å². The lowest BCUT2D eigenvalue weighted by Crippen LogP contribution is -2.19. The fourth-order valence-corrected chi connectivity index (χ4v) is 4.06. The Morgan fingerprint density at radius 3 is 2.59 bits per heavy atom. The van der Waals surface area contributed by atoms with E-state index in [2.05, 4.69) is 13.8 Å². The minimum Gasteiger partial charge on any atom is -0.508 e. The molecular formula is C21H19FN2O2S. The summed E-state index contributed by atoms with van der Waals surface area (Å²) in [5, 5.41) is 11.7. The summed E-state index contributed by atoms with van der Waals surface area (Å²) in [5.74, 6) is 0.510. The van der Waals surface area contributed by atoms with Gasteiger partial charge in [0, 0.05) is 28.6 Å². The van der Waals surface area contributed by atoms with Crippen molar-refractivity contribution >= 4 is 16.3 Å². The van der Waals surface area contributed by atoms with Crippen molar-refractivity contribution in [2.75, 3.05) is 7.11 Å². The van der Waals surface area contributed by atoms with E-state index in [1.807, 2.05) is 22.0 Å². The third-order valence-electron chi connectivity index (χ3n) is 4.88. The van der Waals surface area contributed by atoms with E-state index in [0.717, 1.165) is 27.5 Å². The Morgan fingerprint density at radius 2 is 1.89 bits per heavy atom. The Kier molecular flexibility index (Phi) is 4.15. The van der Waals surface area contributed by atoms with E-state index in [1.165, 1.54) is 12.1 Å². The van der Waals surface area contributed by atoms with Crippen LogP contribution in [0.2, 0.25) is 0 Å². The minimum absolute atomic E-state index is 0.158. The van der Waals surface area contributed by atoms with Crippen LogP contribution in [0, 0.1) is 5.82 Å². The van der Waals surface area contributed by atoms with E-state index >= 15 is 0 Å². The SMILES string of the molecule is COc1cc(O)ccc1-c1csc2nc(C(C)(C)c3ccc(F)cc3)cn12. The number of thiazole rings is 1. The third kappa shape index (κ3) is 2.96. The van der Waals surface area contributed by atoms with Crippen LogP contribution in [0.3, 0.4) is 0 Å². The molecule has 27 heavy (non-hydrogen) atoms. The number of fused-ring (bicyclic) bond motifs is 1. The van der Waals surface area contributed by atoms with Crippen molar-refractivity contribution in [2.24, 2.45) is 0 Å².